The van der Waals surface area contributed by atoms with E-state index in [1.807, 2.05) is 74.4 Å². The van der Waals surface area contributed by atoms with Crippen LogP contribution < -0.4 is 4.90 Å². The molecule has 1 atom stereocenters. The monoisotopic (exact) mass is 381 g/mol. The van der Waals surface area contributed by atoms with Gasteiger partial charge in [-0.3, -0.25) is 9.00 Å². The van der Waals surface area contributed by atoms with Crippen molar-refractivity contribution in [3.8, 4) is 0 Å². The summed E-state index contributed by atoms with van der Waals surface area (Å²) in [5.74, 6) is -0.870. The Hall–Kier alpha value is -2.66. The van der Waals surface area contributed by atoms with E-state index in [1.54, 1.807) is 6.26 Å². The average Bonchev–Trinajstić information content (AvgIpc) is 2.87. The molecule has 4 nitrogen and oxygen atoms in total. The highest BCUT2D eigenvalue weighted by molar-refractivity contribution is 7.94. The number of anilines is 1. The largest absolute Gasteiger partial charge is 0.481 e. The highest BCUT2D eigenvalue weighted by Gasteiger charge is 2.29. The molecule has 1 aliphatic rings. The molecule has 0 aliphatic heterocycles. The first-order chi connectivity index (χ1) is 12.8. The zero-order valence-corrected chi connectivity index (χ0v) is 16.8. The van der Waals surface area contributed by atoms with Crippen molar-refractivity contribution in [3.05, 3.63) is 70.8 Å². The van der Waals surface area contributed by atoms with Crippen LogP contribution in [0.25, 0.3) is 16.1 Å². The fourth-order valence-electron chi connectivity index (χ4n) is 3.55. The number of carbonyl (C=O) groups is 1. The smallest absolute Gasteiger partial charge is 0.307 e. The number of benzene rings is 2. The number of aliphatic carboxylic acids is 1. The first kappa shape index (κ1) is 19.1. The van der Waals surface area contributed by atoms with Crippen LogP contribution in [0.1, 0.15) is 30.0 Å². The number of allylic oxidation sites excluding steroid dienone is 2. The zero-order chi connectivity index (χ0) is 19.7. The molecule has 1 N–H and O–H groups in total. The van der Waals surface area contributed by atoms with E-state index in [0.717, 1.165) is 44.0 Å². The Balaban J connectivity index is 2.35. The molecule has 0 amide bonds. The van der Waals surface area contributed by atoms with Crippen molar-refractivity contribution in [1.29, 1.82) is 0 Å². The summed E-state index contributed by atoms with van der Waals surface area (Å²) in [6, 6.07) is 15.7. The Morgan fingerprint density at radius 1 is 1.07 bits per heavy atom. The van der Waals surface area contributed by atoms with E-state index in [-0.39, 0.29) is 6.42 Å². The summed E-state index contributed by atoms with van der Waals surface area (Å²) in [7, 11) is 2.69. The molecule has 0 aromatic heterocycles. The Morgan fingerprint density at radius 2 is 1.74 bits per heavy atom. The lowest BCUT2D eigenvalue weighted by Crippen LogP contribution is -2.09. The Labute approximate surface area is 162 Å². The van der Waals surface area contributed by atoms with Crippen LogP contribution in [0.4, 0.5) is 5.69 Å². The van der Waals surface area contributed by atoms with Gasteiger partial charge in [-0.2, -0.15) is 0 Å². The third kappa shape index (κ3) is 3.60. The minimum atomic E-state index is -1.23. The molecule has 0 saturated carbocycles. The zero-order valence-electron chi connectivity index (χ0n) is 15.9. The number of rotatable bonds is 5. The molecule has 2 aromatic rings. The summed E-state index contributed by atoms with van der Waals surface area (Å²) in [4.78, 5) is 14.2. The number of hydrogen-bond acceptors (Lipinski definition) is 3. The van der Waals surface area contributed by atoms with Gasteiger partial charge in [0.15, 0.2) is 0 Å². The van der Waals surface area contributed by atoms with Gasteiger partial charge in [0.1, 0.15) is 0 Å². The second-order valence-corrected chi connectivity index (χ2v) is 8.14. The predicted octanol–water partition coefficient (Wildman–Crippen LogP) is 4.26. The summed E-state index contributed by atoms with van der Waals surface area (Å²) in [6.07, 6.45) is 1.61. The molecule has 0 fully saturated rings. The molecule has 0 saturated heterocycles. The van der Waals surface area contributed by atoms with Crippen LogP contribution in [0.2, 0.25) is 0 Å². The summed E-state index contributed by atoms with van der Waals surface area (Å²) >= 11 is 0. The van der Waals surface area contributed by atoms with Crippen molar-refractivity contribution < 1.29 is 14.1 Å². The molecule has 2 aromatic carbocycles. The number of carboxylic acids is 1. The Kier molecular flexibility index (Phi) is 5.33. The fraction of sp³-hybridized carbons (Fsp3) is 0.227. The summed E-state index contributed by atoms with van der Waals surface area (Å²) in [5, 5.41) is 9.43. The maximum Gasteiger partial charge on any atom is 0.307 e. The molecule has 1 aliphatic carbocycles. The van der Waals surface area contributed by atoms with E-state index in [2.05, 4.69) is 0 Å². The van der Waals surface area contributed by atoms with E-state index in [0.29, 0.717) is 0 Å². The first-order valence-corrected chi connectivity index (χ1v) is 10.2. The lowest BCUT2D eigenvalue weighted by molar-refractivity contribution is -0.135. The van der Waals surface area contributed by atoms with E-state index < -0.39 is 16.8 Å². The standard InChI is InChI=1S/C22H23NO3S/c1-14-18(13-20(24)25)19-12-16(23(2)3)10-11-17(19)21(14)22(27(4)26)15-8-6-5-7-9-15/h5-12H,13H2,1-4H3,(H,24,25). The van der Waals surface area contributed by atoms with Crippen molar-refractivity contribution in [1.82, 2.24) is 0 Å². The van der Waals surface area contributed by atoms with Crippen LogP contribution in [-0.4, -0.2) is 35.6 Å². The lowest BCUT2D eigenvalue weighted by Gasteiger charge is -2.16. The van der Waals surface area contributed by atoms with Crippen LogP contribution >= 0.6 is 0 Å². The second-order valence-electron chi connectivity index (χ2n) is 6.82. The maximum atomic E-state index is 12.7. The van der Waals surface area contributed by atoms with Crippen molar-refractivity contribution >= 4 is 38.5 Å². The van der Waals surface area contributed by atoms with Crippen LogP contribution in [0.5, 0.6) is 0 Å². The summed E-state index contributed by atoms with van der Waals surface area (Å²) in [5.41, 5.74) is 6.32. The SMILES string of the molecule is CC1=C(CC(=O)O)c2cc(N(C)C)ccc2C1=C(c1ccccc1)S(C)=O. The van der Waals surface area contributed by atoms with Gasteiger partial charge >= 0.3 is 5.97 Å². The minimum Gasteiger partial charge on any atom is -0.481 e. The number of hydrogen-bond donors (Lipinski definition) is 1. The third-order valence-corrected chi connectivity index (χ3v) is 5.83. The highest BCUT2D eigenvalue weighted by Crippen LogP contribution is 2.47. The molecule has 1 unspecified atom stereocenters. The Morgan fingerprint density at radius 3 is 2.30 bits per heavy atom. The van der Waals surface area contributed by atoms with Gasteiger partial charge in [0.05, 0.1) is 22.1 Å². The van der Waals surface area contributed by atoms with E-state index in [1.165, 1.54) is 0 Å². The topological polar surface area (TPSA) is 57.6 Å². The predicted molar refractivity (Wildman–Crippen MR) is 113 cm³/mol. The molecular formula is C22H23NO3S. The number of carboxylic acid groups (broad SMARTS) is 1. The van der Waals surface area contributed by atoms with E-state index in [4.69, 9.17) is 0 Å². The first-order valence-electron chi connectivity index (χ1n) is 8.68. The normalized spacial score (nSPS) is 16.1. The fourth-order valence-corrected chi connectivity index (χ4v) is 4.57. The molecule has 0 spiro atoms. The van der Waals surface area contributed by atoms with Crippen molar-refractivity contribution in [2.45, 2.75) is 13.3 Å². The third-order valence-electron chi connectivity index (χ3n) is 4.82. The van der Waals surface area contributed by atoms with Gasteiger partial charge in [-0.15, -0.1) is 0 Å². The van der Waals surface area contributed by atoms with Gasteiger partial charge in [0, 0.05) is 31.6 Å². The second kappa shape index (κ2) is 7.53. The number of fused-ring (bicyclic) bond motifs is 1. The van der Waals surface area contributed by atoms with Crippen molar-refractivity contribution in [2.75, 3.05) is 25.3 Å². The molecule has 3 rings (SSSR count). The van der Waals surface area contributed by atoms with Crippen LogP contribution in [0.15, 0.2) is 54.1 Å². The van der Waals surface area contributed by atoms with Crippen molar-refractivity contribution in [2.24, 2.45) is 0 Å². The molecule has 27 heavy (non-hydrogen) atoms. The molecular weight excluding hydrogens is 358 g/mol. The van der Waals surface area contributed by atoms with Crippen LogP contribution in [0.3, 0.4) is 0 Å². The average molecular weight is 381 g/mol. The van der Waals surface area contributed by atoms with E-state index in [9.17, 15) is 14.1 Å². The quantitative estimate of drug-likeness (QED) is 0.841. The maximum absolute atomic E-state index is 12.7. The van der Waals surface area contributed by atoms with Gasteiger partial charge < -0.3 is 10.0 Å². The molecule has 140 valence electrons. The van der Waals surface area contributed by atoms with Crippen molar-refractivity contribution in [3.63, 3.8) is 0 Å². The van der Waals surface area contributed by atoms with E-state index >= 15 is 0 Å². The molecule has 0 bridgehead atoms. The Bertz CT molecular complexity index is 988. The molecule has 0 radical (unpaired) electrons. The van der Waals surface area contributed by atoms with Gasteiger partial charge in [-0.1, -0.05) is 36.4 Å². The highest BCUT2D eigenvalue weighted by atomic mass is 32.2. The summed E-state index contributed by atoms with van der Waals surface area (Å²) < 4.78 is 12.7. The number of nitrogens with zero attached hydrogens (tertiary/aromatic N) is 1. The lowest BCUT2D eigenvalue weighted by atomic mass is 9.99. The van der Waals surface area contributed by atoms with Gasteiger partial charge in [-0.05, 0) is 46.9 Å². The molecule has 5 heteroatoms. The van der Waals surface area contributed by atoms with Crippen LogP contribution in [0, 0.1) is 0 Å². The molecule has 0 heterocycles. The van der Waals surface area contributed by atoms with Gasteiger partial charge in [0.2, 0.25) is 0 Å². The van der Waals surface area contributed by atoms with Gasteiger partial charge in [-0.25, -0.2) is 0 Å². The van der Waals surface area contributed by atoms with Crippen LogP contribution in [-0.2, 0) is 15.6 Å². The summed E-state index contributed by atoms with van der Waals surface area (Å²) in [6.45, 7) is 1.93. The van der Waals surface area contributed by atoms with Gasteiger partial charge in [0.25, 0.3) is 0 Å². The minimum absolute atomic E-state index is 0.0579.